The summed E-state index contributed by atoms with van der Waals surface area (Å²) in [6, 6.07) is 1.88. The Hall–Kier alpha value is -2.02. The van der Waals surface area contributed by atoms with E-state index in [1.165, 1.54) is 6.92 Å². The molecular weight excluding hydrogens is 310 g/mol. The van der Waals surface area contributed by atoms with E-state index in [0.717, 1.165) is 21.1 Å². The van der Waals surface area contributed by atoms with Crippen LogP contribution in [0, 0.1) is 0 Å². The molecule has 0 aliphatic carbocycles. The molecule has 0 aliphatic heterocycles. The average Bonchev–Trinajstić information content (AvgIpc) is 2.93. The molecule has 0 aliphatic rings. The Bertz CT molecular complexity index is 789. The number of carbonyl (C=O) groups excluding carboxylic acids is 1. The van der Waals surface area contributed by atoms with E-state index >= 15 is 0 Å². The van der Waals surface area contributed by atoms with E-state index < -0.39 is 0 Å². The van der Waals surface area contributed by atoms with Crippen molar-refractivity contribution in [2.75, 3.05) is 0 Å². The Labute approximate surface area is 117 Å². The minimum absolute atomic E-state index is 0.0387. The van der Waals surface area contributed by atoms with Crippen LogP contribution in [-0.2, 0) is 7.05 Å². The number of nitrogens with zero attached hydrogens (tertiary/aromatic N) is 4. The van der Waals surface area contributed by atoms with Crippen molar-refractivity contribution in [1.82, 2.24) is 25.0 Å². The van der Waals surface area contributed by atoms with Gasteiger partial charge in [0.1, 0.15) is 10.3 Å². The molecule has 3 aromatic heterocycles. The largest absolute Gasteiger partial charge is 0.293 e. The molecule has 3 heterocycles. The second-order valence-corrected chi connectivity index (χ2v) is 4.97. The normalized spacial score (nSPS) is 11.1. The quantitative estimate of drug-likeness (QED) is 0.735. The lowest BCUT2D eigenvalue weighted by atomic mass is 10.1. The van der Waals surface area contributed by atoms with Crippen LogP contribution in [0.2, 0.25) is 0 Å². The molecule has 0 radical (unpaired) electrons. The van der Waals surface area contributed by atoms with Crippen molar-refractivity contribution in [3.8, 4) is 11.3 Å². The first-order valence-corrected chi connectivity index (χ1v) is 6.40. The van der Waals surface area contributed by atoms with E-state index in [9.17, 15) is 4.79 Å². The average molecular weight is 320 g/mol. The lowest BCUT2D eigenvalue weighted by Crippen LogP contribution is -2.04. The first-order chi connectivity index (χ1) is 9.08. The van der Waals surface area contributed by atoms with Crippen LogP contribution in [0.5, 0.6) is 0 Å². The number of pyridine rings is 1. The topological polar surface area (TPSA) is 76.5 Å². The Morgan fingerprint density at radius 3 is 2.95 bits per heavy atom. The van der Waals surface area contributed by atoms with Gasteiger partial charge in [0.2, 0.25) is 0 Å². The predicted octanol–water partition coefficient (Wildman–Crippen LogP) is 2.32. The van der Waals surface area contributed by atoms with Crippen LogP contribution in [-0.4, -0.2) is 30.7 Å². The Balaban J connectivity index is 2.24. The first-order valence-electron chi connectivity index (χ1n) is 5.61. The van der Waals surface area contributed by atoms with Crippen molar-refractivity contribution in [3.63, 3.8) is 0 Å². The molecule has 7 heteroatoms. The highest BCUT2D eigenvalue weighted by atomic mass is 79.9. The Morgan fingerprint density at radius 1 is 1.42 bits per heavy atom. The first kappa shape index (κ1) is 12.0. The molecule has 0 amide bonds. The molecule has 1 N–H and O–H groups in total. The maximum Gasteiger partial charge on any atom is 0.178 e. The fraction of sp³-hybridized carbons (Fsp3) is 0.167. The number of aromatic nitrogens is 5. The van der Waals surface area contributed by atoms with Gasteiger partial charge in [-0.1, -0.05) is 0 Å². The zero-order valence-corrected chi connectivity index (χ0v) is 11.9. The number of hydrogen-bond acceptors (Lipinski definition) is 4. The van der Waals surface area contributed by atoms with Crippen LogP contribution in [0.1, 0.15) is 17.4 Å². The van der Waals surface area contributed by atoms with Crippen LogP contribution in [0.3, 0.4) is 0 Å². The van der Waals surface area contributed by atoms with Gasteiger partial charge < -0.3 is 0 Å². The summed E-state index contributed by atoms with van der Waals surface area (Å²) in [5.74, 6) is -0.0387. The fourth-order valence-electron chi connectivity index (χ4n) is 2.07. The minimum atomic E-state index is -0.0387. The molecule has 3 rings (SSSR count). The number of nitrogens with one attached hydrogen (secondary N) is 1. The van der Waals surface area contributed by atoms with E-state index in [4.69, 9.17) is 0 Å². The number of aryl methyl sites for hydroxylation is 1. The molecule has 0 spiro atoms. The summed E-state index contributed by atoms with van der Waals surface area (Å²) >= 11 is 3.37. The number of halogens is 1. The van der Waals surface area contributed by atoms with E-state index in [1.807, 2.05) is 6.07 Å². The van der Waals surface area contributed by atoms with Crippen molar-refractivity contribution < 1.29 is 4.79 Å². The maximum atomic E-state index is 11.7. The van der Waals surface area contributed by atoms with Crippen LogP contribution < -0.4 is 0 Å². The van der Waals surface area contributed by atoms with Crippen molar-refractivity contribution >= 4 is 32.6 Å². The van der Waals surface area contributed by atoms with E-state index in [2.05, 4.69) is 36.2 Å². The van der Waals surface area contributed by atoms with Gasteiger partial charge in [-0.2, -0.15) is 10.2 Å². The van der Waals surface area contributed by atoms with Crippen LogP contribution in [0.4, 0.5) is 0 Å². The van der Waals surface area contributed by atoms with Gasteiger partial charge in [0.05, 0.1) is 23.6 Å². The molecule has 0 saturated heterocycles. The molecule has 0 aromatic carbocycles. The molecule has 0 atom stereocenters. The van der Waals surface area contributed by atoms with Gasteiger partial charge in [-0.25, -0.2) is 0 Å². The van der Waals surface area contributed by atoms with Crippen LogP contribution >= 0.6 is 15.9 Å². The summed E-state index contributed by atoms with van der Waals surface area (Å²) in [6.45, 7) is 1.52. The van der Waals surface area contributed by atoms with Gasteiger partial charge >= 0.3 is 0 Å². The summed E-state index contributed by atoms with van der Waals surface area (Å²) < 4.78 is 2.29. The number of fused-ring (bicyclic) bond motifs is 1. The molecule has 6 nitrogen and oxygen atoms in total. The number of carbonyl (C=O) groups is 1. The number of Topliss-reactive ketones (excluding diaryl/α,β-unsaturated/α-hetero) is 1. The molecule has 0 fully saturated rings. The highest BCUT2D eigenvalue weighted by molar-refractivity contribution is 9.10. The Morgan fingerprint density at radius 2 is 2.21 bits per heavy atom. The molecular formula is C12H10BrN5O. The van der Waals surface area contributed by atoms with E-state index in [1.54, 1.807) is 24.1 Å². The highest BCUT2D eigenvalue weighted by Gasteiger charge is 2.16. The van der Waals surface area contributed by atoms with Gasteiger partial charge in [0.25, 0.3) is 0 Å². The molecule has 0 unspecified atom stereocenters. The third-order valence-electron chi connectivity index (χ3n) is 2.95. The van der Waals surface area contributed by atoms with E-state index in [0.29, 0.717) is 11.4 Å². The zero-order chi connectivity index (χ0) is 13.6. The standard InChI is InChI=1S/C12H10BrN5O/c1-6(19)11-8(4-15-18(11)2)9-3-7-10(5-14-9)16-17-12(7)13/h3-5H,1-2H3,(H,16,17). The van der Waals surface area contributed by atoms with Gasteiger partial charge in [0, 0.05) is 24.9 Å². The summed E-state index contributed by atoms with van der Waals surface area (Å²) in [4.78, 5) is 16.0. The van der Waals surface area contributed by atoms with Crippen LogP contribution in [0.15, 0.2) is 23.1 Å². The van der Waals surface area contributed by atoms with E-state index in [-0.39, 0.29) is 5.78 Å². The number of H-pyrrole nitrogens is 1. The third kappa shape index (κ3) is 1.86. The van der Waals surface area contributed by atoms with Gasteiger partial charge in [-0.15, -0.1) is 0 Å². The Kier molecular flexibility index (Phi) is 2.70. The van der Waals surface area contributed by atoms with Crippen molar-refractivity contribution in [3.05, 3.63) is 28.8 Å². The summed E-state index contributed by atoms with van der Waals surface area (Å²) in [5, 5.41) is 12.0. The number of hydrogen-bond donors (Lipinski definition) is 1. The van der Waals surface area contributed by atoms with Gasteiger partial charge in [0.15, 0.2) is 5.78 Å². The highest BCUT2D eigenvalue weighted by Crippen LogP contribution is 2.27. The monoisotopic (exact) mass is 319 g/mol. The smallest absolute Gasteiger partial charge is 0.178 e. The van der Waals surface area contributed by atoms with Gasteiger partial charge in [-0.3, -0.25) is 19.6 Å². The molecule has 96 valence electrons. The van der Waals surface area contributed by atoms with Crippen molar-refractivity contribution in [2.45, 2.75) is 6.92 Å². The third-order valence-corrected chi connectivity index (χ3v) is 3.55. The second-order valence-electron chi connectivity index (χ2n) is 4.22. The molecule has 0 bridgehead atoms. The number of rotatable bonds is 2. The SMILES string of the molecule is CC(=O)c1c(-c2cc3c(Br)n[nH]c3cn2)cnn1C. The van der Waals surface area contributed by atoms with Gasteiger partial charge in [-0.05, 0) is 22.0 Å². The lowest BCUT2D eigenvalue weighted by Gasteiger charge is -2.02. The van der Waals surface area contributed by atoms with Crippen molar-refractivity contribution in [2.24, 2.45) is 7.05 Å². The second kappa shape index (κ2) is 4.27. The summed E-state index contributed by atoms with van der Waals surface area (Å²) in [6.07, 6.45) is 3.35. The predicted molar refractivity (Wildman–Crippen MR) is 73.8 cm³/mol. The minimum Gasteiger partial charge on any atom is -0.293 e. The molecule has 0 saturated carbocycles. The lowest BCUT2D eigenvalue weighted by molar-refractivity contribution is 0.100. The van der Waals surface area contributed by atoms with Crippen LogP contribution in [0.25, 0.3) is 22.2 Å². The maximum absolute atomic E-state index is 11.7. The molecule has 3 aromatic rings. The van der Waals surface area contributed by atoms with Crippen molar-refractivity contribution in [1.29, 1.82) is 0 Å². The molecule has 19 heavy (non-hydrogen) atoms. The number of ketones is 1. The number of aromatic amines is 1. The summed E-state index contributed by atoms with van der Waals surface area (Å²) in [7, 11) is 1.74. The fourth-order valence-corrected chi connectivity index (χ4v) is 2.49. The summed E-state index contributed by atoms with van der Waals surface area (Å²) in [5.41, 5.74) is 2.81. The zero-order valence-electron chi connectivity index (χ0n) is 10.3.